The average Bonchev–Trinajstić information content (AvgIpc) is 3.15. The number of hydrogen-bond donors (Lipinski definition) is 4. The highest BCUT2D eigenvalue weighted by molar-refractivity contribution is 6.31. The van der Waals surface area contributed by atoms with Crippen LogP contribution in [-0.2, 0) is 24.4 Å². The van der Waals surface area contributed by atoms with Crippen molar-refractivity contribution in [3.63, 3.8) is 0 Å². The first kappa shape index (κ1) is 28.0. The molecule has 7 nitrogen and oxygen atoms in total. The molecule has 1 aliphatic carbocycles. The molecular formula is C30H40ClN5O2. The van der Waals surface area contributed by atoms with Crippen molar-refractivity contribution in [3.8, 4) is 0 Å². The molecule has 0 radical (unpaired) electrons. The Morgan fingerprint density at radius 3 is 2.45 bits per heavy atom. The zero-order chi connectivity index (χ0) is 27.0. The summed E-state index contributed by atoms with van der Waals surface area (Å²) in [6, 6.07) is 15.0. The summed E-state index contributed by atoms with van der Waals surface area (Å²) in [5.74, 6) is 0.809. The van der Waals surface area contributed by atoms with Gasteiger partial charge in [-0.25, -0.2) is 4.79 Å². The highest BCUT2D eigenvalue weighted by atomic mass is 35.5. The monoisotopic (exact) mass is 537 g/mol. The van der Waals surface area contributed by atoms with E-state index >= 15 is 0 Å². The van der Waals surface area contributed by atoms with Crippen molar-refractivity contribution in [3.05, 3.63) is 70.2 Å². The van der Waals surface area contributed by atoms with E-state index in [-0.39, 0.29) is 17.9 Å². The molecule has 3 amide bonds. The summed E-state index contributed by atoms with van der Waals surface area (Å²) in [7, 11) is 0. The fourth-order valence-corrected chi connectivity index (χ4v) is 5.84. The topological polar surface area (TPSA) is 97.3 Å². The van der Waals surface area contributed by atoms with E-state index in [1.165, 1.54) is 32.1 Å². The second kappa shape index (κ2) is 13.1. The maximum atomic E-state index is 13.7. The summed E-state index contributed by atoms with van der Waals surface area (Å²) in [6.07, 6.45) is 9.76. The largest absolute Gasteiger partial charge is 0.342 e. The Bertz CT molecular complexity index is 1120. The van der Waals surface area contributed by atoms with Crippen LogP contribution in [0.15, 0.2) is 48.5 Å². The van der Waals surface area contributed by atoms with E-state index in [0.717, 1.165) is 42.4 Å². The van der Waals surface area contributed by atoms with Gasteiger partial charge in [-0.3, -0.25) is 15.1 Å². The number of halogens is 1. The fraction of sp³-hybridized carbons (Fsp3) is 0.500. The second-order valence-corrected chi connectivity index (χ2v) is 11.1. The van der Waals surface area contributed by atoms with Crippen LogP contribution in [0.3, 0.4) is 0 Å². The minimum atomic E-state index is -0.643. The molecule has 1 saturated heterocycles. The van der Waals surface area contributed by atoms with Crippen molar-refractivity contribution >= 4 is 29.5 Å². The van der Waals surface area contributed by atoms with E-state index in [1.807, 2.05) is 42.5 Å². The molecular weight excluding hydrogens is 498 g/mol. The number of unbranched alkanes of at least 4 members (excludes halogenated alkanes) is 1. The minimum absolute atomic E-state index is 0.0439. The molecule has 1 unspecified atom stereocenters. The summed E-state index contributed by atoms with van der Waals surface area (Å²) in [5, 5.41) is 18.2. The first-order chi connectivity index (χ1) is 18.4. The number of rotatable bonds is 11. The standard InChI is InChI=1S/C30H40ClN5O2/c1-2-3-17-30(18-22-9-5-4-6-10-22)27(37)36(28(32)35-30)21-24-15-13-23(14-16-24)19-33-29(38)34-20-25-11-7-8-12-26(25)31/h7-8,11-16,22H,2-6,9-10,17-21H2,1H3,(H2,32,35)(H2,33,34,38). The molecule has 2 aliphatic rings. The number of urea groups is 1. The molecule has 38 heavy (non-hydrogen) atoms. The number of nitrogens with one attached hydrogen (secondary N) is 4. The first-order valence-corrected chi connectivity index (χ1v) is 14.3. The van der Waals surface area contributed by atoms with Crippen LogP contribution in [0.25, 0.3) is 0 Å². The zero-order valence-corrected chi connectivity index (χ0v) is 23.1. The van der Waals surface area contributed by atoms with Gasteiger partial charge in [0.05, 0.1) is 6.54 Å². The lowest BCUT2D eigenvalue weighted by atomic mass is 9.77. The predicted octanol–water partition coefficient (Wildman–Crippen LogP) is 6.11. The molecule has 1 aliphatic heterocycles. The maximum Gasteiger partial charge on any atom is 0.315 e. The second-order valence-electron chi connectivity index (χ2n) is 10.7. The van der Waals surface area contributed by atoms with E-state index in [4.69, 9.17) is 17.0 Å². The van der Waals surface area contributed by atoms with Crippen molar-refractivity contribution in [1.29, 1.82) is 5.41 Å². The zero-order valence-electron chi connectivity index (χ0n) is 22.3. The van der Waals surface area contributed by atoms with Crippen molar-refractivity contribution in [2.45, 2.75) is 89.9 Å². The Morgan fingerprint density at radius 1 is 1.05 bits per heavy atom. The SMILES string of the molecule is CCCCC1(CC2CCCCC2)NC(=N)N(Cc2ccc(CNC(=O)NCc3ccccc3Cl)cc2)C1=O. The lowest BCUT2D eigenvalue weighted by Gasteiger charge is -2.33. The summed E-state index contributed by atoms with van der Waals surface area (Å²) in [5.41, 5.74) is 2.14. The number of amides is 3. The normalized spacial score (nSPS) is 19.9. The molecule has 0 aromatic heterocycles. The van der Waals surface area contributed by atoms with Crippen LogP contribution in [0.1, 0.15) is 81.4 Å². The number of guanidine groups is 1. The van der Waals surface area contributed by atoms with Crippen LogP contribution < -0.4 is 16.0 Å². The van der Waals surface area contributed by atoms with Gasteiger partial charge in [0.15, 0.2) is 5.96 Å². The van der Waals surface area contributed by atoms with E-state index in [2.05, 4.69) is 22.9 Å². The third kappa shape index (κ3) is 7.07. The predicted molar refractivity (Wildman–Crippen MR) is 152 cm³/mol. The summed E-state index contributed by atoms with van der Waals surface area (Å²) in [6.45, 7) is 3.26. The van der Waals surface area contributed by atoms with Crippen LogP contribution in [0, 0.1) is 11.3 Å². The lowest BCUT2D eigenvalue weighted by Crippen LogP contribution is -2.48. The van der Waals surface area contributed by atoms with Gasteiger partial charge in [0.2, 0.25) is 0 Å². The van der Waals surface area contributed by atoms with Gasteiger partial charge in [-0.15, -0.1) is 0 Å². The van der Waals surface area contributed by atoms with Gasteiger partial charge >= 0.3 is 6.03 Å². The Balaban J connectivity index is 1.31. The summed E-state index contributed by atoms with van der Waals surface area (Å²) >= 11 is 6.14. The number of carbonyl (C=O) groups excluding carboxylic acids is 2. The van der Waals surface area contributed by atoms with E-state index < -0.39 is 5.54 Å². The molecule has 4 rings (SSSR count). The highest BCUT2D eigenvalue weighted by Crippen LogP contribution is 2.36. The van der Waals surface area contributed by atoms with Gasteiger partial charge in [-0.2, -0.15) is 0 Å². The van der Waals surface area contributed by atoms with Crippen molar-refractivity contribution in [1.82, 2.24) is 20.9 Å². The van der Waals surface area contributed by atoms with Crippen molar-refractivity contribution < 1.29 is 9.59 Å². The maximum absolute atomic E-state index is 13.7. The molecule has 1 atom stereocenters. The molecule has 0 spiro atoms. The quantitative estimate of drug-likeness (QED) is 0.278. The average molecular weight is 538 g/mol. The van der Waals surface area contributed by atoms with Crippen LogP contribution in [0.2, 0.25) is 5.02 Å². The van der Waals surface area contributed by atoms with E-state index in [1.54, 1.807) is 11.0 Å². The molecule has 1 heterocycles. The van der Waals surface area contributed by atoms with Crippen molar-refractivity contribution in [2.24, 2.45) is 5.92 Å². The van der Waals surface area contributed by atoms with Gasteiger partial charge in [0.25, 0.3) is 5.91 Å². The molecule has 4 N–H and O–H groups in total. The molecule has 2 aromatic carbocycles. The first-order valence-electron chi connectivity index (χ1n) is 13.9. The number of benzene rings is 2. The van der Waals surface area contributed by atoms with E-state index in [9.17, 15) is 9.59 Å². The lowest BCUT2D eigenvalue weighted by molar-refractivity contribution is -0.132. The Morgan fingerprint density at radius 2 is 1.74 bits per heavy atom. The van der Waals surface area contributed by atoms with Gasteiger partial charge in [-0.05, 0) is 41.5 Å². The molecule has 8 heteroatoms. The highest BCUT2D eigenvalue weighted by Gasteiger charge is 2.49. The summed E-state index contributed by atoms with van der Waals surface area (Å²) < 4.78 is 0. The number of nitrogens with zero attached hydrogens (tertiary/aromatic N) is 1. The van der Waals surface area contributed by atoms with Gasteiger partial charge in [-0.1, -0.05) is 106 Å². The van der Waals surface area contributed by atoms with Gasteiger partial charge in [0, 0.05) is 18.1 Å². The minimum Gasteiger partial charge on any atom is -0.342 e. The van der Waals surface area contributed by atoms with E-state index in [0.29, 0.717) is 30.6 Å². The Kier molecular flexibility index (Phi) is 9.67. The Labute approximate surface area is 231 Å². The molecule has 2 fully saturated rings. The van der Waals surface area contributed by atoms with Crippen LogP contribution in [0.4, 0.5) is 4.79 Å². The molecule has 0 bridgehead atoms. The third-order valence-corrected chi connectivity index (χ3v) is 8.18. The number of carbonyl (C=O) groups is 2. The van der Waals surface area contributed by atoms with Crippen LogP contribution in [0.5, 0.6) is 0 Å². The number of hydrogen-bond acceptors (Lipinski definition) is 3. The van der Waals surface area contributed by atoms with Gasteiger partial charge in [0.1, 0.15) is 5.54 Å². The van der Waals surface area contributed by atoms with Gasteiger partial charge < -0.3 is 16.0 Å². The third-order valence-electron chi connectivity index (χ3n) is 7.82. The van der Waals surface area contributed by atoms with Crippen LogP contribution in [-0.4, -0.2) is 28.3 Å². The Hall–Kier alpha value is -3.06. The van der Waals surface area contributed by atoms with Crippen molar-refractivity contribution in [2.75, 3.05) is 0 Å². The molecule has 2 aromatic rings. The van der Waals surface area contributed by atoms with Crippen LogP contribution >= 0.6 is 11.6 Å². The molecule has 204 valence electrons. The smallest absolute Gasteiger partial charge is 0.315 e. The molecule has 1 saturated carbocycles. The fourth-order valence-electron chi connectivity index (χ4n) is 5.64. The summed E-state index contributed by atoms with van der Waals surface area (Å²) in [4.78, 5) is 27.5.